The first-order valence-corrected chi connectivity index (χ1v) is 10.4. The number of rotatable bonds is 7. The van der Waals surface area contributed by atoms with E-state index in [1.165, 1.54) is 5.56 Å². The van der Waals surface area contributed by atoms with Gasteiger partial charge in [-0.15, -0.1) is 0 Å². The molecule has 3 rings (SSSR count). The average Bonchev–Trinajstić information content (AvgIpc) is 2.68. The molecular formula is C20H26N2O3S. The van der Waals surface area contributed by atoms with E-state index in [1.54, 1.807) is 29.6 Å². The van der Waals surface area contributed by atoms with Crippen molar-refractivity contribution in [3.8, 4) is 0 Å². The first-order chi connectivity index (χ1) is 12.6. The first-order valence-electron chi connectivity index (χ1n) is 8.94. The van der Waals surface area contributed by atoms with E-state index in [1.807, 2.05) is 12.1 Å². The maximum absolute atomic E-state index is 12.9. The van der Waals surface area contributed by atoms with E-state index in [-0.39, 0.29) is 0 Å². The molecule has 1 fully saturated rings. The molecule has 0 amide bonds. The third-order valence-corrected chi connectivity index (χ3v) is 6.63. The molecule has 0 aliphatic carbocycles. The highest BCUT2D eigenvalue weighted by Crippen LogP contribution is 2.19. The summed E-state index contributed by atoms with van der Waals surface area (Å²) in [5, 5.41) is 0. The van der Waals surface area contributed by atoms with Gasteiger partial charge in [0.05, 0.1) is 11.5 Å². The van der Waals surface area contributed by atoms with Gasteiger partial charge in [-0.1, -0.05) is 42.5 Å². The Balaban J connectivity index is 1.57. The van der Waals surface area contributed by atoms with Crippen molar-refractivity contribution in [2.45, 2.75) is 17.9 Å². The van der Waals surface area contributed by atoms with Crippen molar-refractivity contribution in [3.63, 3.8) is 0 Å². The lowest BCUT2D eigenvalue weighted by molar-refractivity contribution is 0.184. The second-order valence-electron chi connectivity index (χ2n) is 6.56. The summed E-state index contributed by atoms with van der Waals surface area (Å²) in [5.74, 6) is 0. The van der Waals surface area contributed by atoms with Crippen LogP contribution in [0.5, 0.6) is 0 Å². The van der Waals surface area contributed by atoms with E-state index in [9.17, 15) is 8.42 Å². The fourth-order valence-corrected chi connectivity index (χ4v) is 4.73. The number of hydrogen-bond acceptors (Lipinski definition) is 4. The maximum Gasteiger partial charge on any atom is 0.243 e. The molecule has 2 aromatic carbocycles. The van der Waals surface area contributed by atoms with Crippen molar-refractivity contribution in [1.82, 2.24) is 9.21 Å². The van der Waals surface area contributed by atoms with Crippen LogP contribution >= 0.6 is 0 Å². The number of sulfonamides is 1. The van der Waals surface area contributed by atoms with Crippen LogP contribution in [0.2, 0.25) is 0 Å². The summed E-state index contributed by atoms with van der Waals surface area (Å²) in [7, 11) is -1.84. The molecule has 0 atom stereocenters. The van der Waals surface area contributed by atoms with E-state index in [4.69, 9.17) is 4.74 Å². The third kappa shape index (κ3) is 4.71. The minimum absolute atomic E-state index is 0.352. The smallest absolute Gasteiger partial charge is 0.243 e. The lowest BCUT2D eigenvalue weighted by atomic mass is 10.1. The zero-order valence-corrected chi connectivity index (χ0v) is 16.0. The first kappa shape index (κ1) is 19.0. The van der Waals surface area contributed by atoms with E-state index in [2.05, 4.69) is 29.2 Å². The summed E-state index contributed by atoms with van der Waals surface area (Å²) in [6.45, 7) is 3.97. The molecule has 5 nitrogen and oxygen atoms in total. The van der Waals surface area contributed by atoms with Crippen LogP contribution in [0.3, 0.4) is 0 Å². The molecule has 2 aromatic rings. The van der Waals surface area contributed by atoms with Gasteiger partial charge in [-0.25, -0.2) is 8.42 Å². The largest absolute Gasteiger partial charge is 0.380 e. The molecule has 140 valence electrons. The summed E-state index contributed by atoms with van der Waals surface area (Å²) in [6, 6.07) is 17.4. The number of benzene rings is 2. The average molecular weight is 375 g/mol. The fourth-order valence-electron chi connectivity index (χ4n) is 3.24. The van der Waals surface area contributed by atoms with Gasteiger partial charge in [0, 0.05) is 39.8 Å². The SMILES string of the molecule is COCc1cccc(S(=O)(=O)N2CCN(CCc3ccccc3)CC2)c1. The molecule has 26 heavy (non-hydrogen) atoms. The zero-order valence-electron chi connectivity index (χ0n) is 15.2. The van der Waals surface area contributed by atoms with Crippen LogP contribution < -0.4 is 0 Å². The molecule has 1 heterocycles. The van der Waals surface area contributed by atoms with E-state index < -0.39 is 10.0 Å². The number of hydrogen-bond donors (Lipinski definition) is 0. The Bertz CT molecular complexity index is 801. The Morgan fingerprint density at radius 3 is 2.31 bits per heavy atom. The quantitative estimate of drug-likeness (QED) is 0.747. The predicted molar refractivity (Wildman–Crippen MR) is 102 cm³/mol. The van der Waals surface area contributed by atoms with Gasteiger partial charge in [0.25, 0.3) is 0 Å². The van der Waals surface area contributed by atoms with E-state index in [0.717, 1.165) is 31.6 Å². The van der Waals surface area contributed by atoms with Crippen molar-refractivity contribution in [1.29, 1.82) is 0 Å². The highest BCUT2D eigenvalue weighted by molar-refractivity contribution is 7.89. The molecule has 0 N–H and O–H groups in total. The standard InChI is InChI=1S/C20H26N2O3S/c1-25-17-19-8-5-9-20(16-19)26(23,24)22-14-12-21(13-15-22)11-10-18-6-3-2-4-7-18/h2-9,16H,10-15,17H2,1H3. The van der Waals surface area contributed by atoms with E-state index in [0.29, 0.717) is 24.6 Å². The Hall–Kier alpha value is -1.73. The van der Waals surface area contributed by atoms with Crippen molar-refractivity contribution >= 4 is 10.0 Å². The van der Waals surface area contributed by atoms with Crippen molar-refractivity contribution in [3.05, 3.63) is 65.7 Å². The van der Waals surface area contributed by atoms with Gasteiger partial charge in [-0.2, -0.15) is 4.31 Å². The Morgan fingerprint density at radius 2 is 1.62 bits per heavy atom. The van der Waals surface area contributed by atoms with Crippen LogP contribution in [0.15, 0.2) is 59.5 Å². The van der Waals surface area contributed by atoms with Crippen LogP contribution in [-0.4, -0.2) is 57.5 Å². The van der Waals surface area contributed by atoms with Crippen LogP contribution in [0.1, 0.15) is 11.1 Å². The predicted octanol–water partition coefficient (Wildman–Crippen LogP) is 2.38. The van der Waals surface area contributed by atoms with Gasteiger partial charge in [-0.05, 0) is 29.7 Å². The van der Waals surface area contributed by atoms with Crippen LogP contribution in [0, 0.1) is 0 Å². The topological polar surface area (TPSA) is 49.9 Å². The van der Waals surface area contributed by atoms with Crippen LogP contribution in [0.25, 0.3) is 0 Å². The summed E-state index contributed by atoms with van der Waals surface area (Å²) < 4.78 is 32.5. The Kier molecular flexibility index (Phi) is 6.43. The lowest BCUT2D eigenvalue weighted by Gasteiger charge is -2.34. The molecule has 0 spiro atoms. The van der Waals surface area contributed by atoms with Gasteiger partial charge in [0.15, 0.2) is 0 Å². The zero-order chi connectivity index (χ0) is 18.4. The third-order valence-electron chi connectivity index (χ3n) is 4.74. The molecule has 1 aliphatic heterocycles. The second-order valence-corrected chi connectivity index (χ2v) is 8.50. The molecule has 1 aliphatic rings. The lowest BCUT2D eigenvalue weighted by Crippen LogP contribution is -2.49. The minimum atomic E-state index is -3.44. The van der Waals surface area contributed by atoms with Gasteiger partial charge < -0.3 is 9.64 Å². The molecule has 1 saturated heterocycles. The summed E-state index contributed by atoms with van der Waals surface area (Å²) in [4.78, 5) is 2.69. The highest BCUT2D eigenvalue weighted by atomic mass is 32.2. The Labute approximate surface area is 156 Å². The normalized spacial score (nSPS) is 16.7. The molecule has 6 heteroatoms. The van der Waals surface area contributed by atoms with Crippen LogP contribution in [-0.2, 0) is 27.8 Å². The van der Waals surface area contributed by atoms with Crippen LogP contribution in [0.4, 0.5) is 0 Å². The molecule has 0 radical (unpaired) electrons. The molecule has 0 unspecified atom stereocenters. The van der Waals surface area contributed by atoms with Gasteiger partial charge in [-0.3, -0.25) is 0 Å². The summed E-state index contributed by atoms with van der Waals surface area (Å²) in [5.41, 5.74) is 2.19. The van der Waals surface area contributed by atoms with Crippen molar-refractivity contribution < 1.29 is 13.2 Å². The minimum Gasteiger partial charge on any atom is -0.380 e. The highest BCUT2D eigenvalue weighted by Gasteiger charge is 2.28. The Morgan fingerprint density at radius 1 is 0.923 bits per heavy atom. The summed E-state index contributed by atoms with van der Waals surface area (Å²) in [6.07, 6.45) is 0.993. The van der Waals surface area contributed by atoms with Gasteiger partial charge >= 0.3 is 0 Å². The van der Waals surface area contributed by atoms with Gasteiger partial charge in [0.2, 0.25) is 10.0 Å². The number of nitrogens with zero attached hydrogens (tertiary/aromatic N) is 2. The number of piperazine rings is 1. The van der Waals surface area contributed by atoms with Gasteiger partial charge in [0.1, 0.15) is 0 Å². The fraction of sp³-hybridized carbons (Fsp3) is 0.400. The number of methoxy groups -OCH3 is 1. The van der Waals surface area contributed by atoms with Crippen molar-refractivity contribution in [2.75, 3.05) is 39.8 Å². The summed E-state index contributed by atoms with van der Waals surface area (Å²) >= 11 is 0. The number of ether oxygens (including phenoxy) is 1. The maximum atomic E-state index is 12.9. The molecule has 0 saturated carbocycles. The molecule has 0 bridgehead atoms. The van der Waals surface area contributed by atoms with E-state index >= 15 is 0 Å². The monoisotopic (exact) mass is 374 g/mol. The second kappa shape index (κ2) is 8.77. The van der Waals surface area contributed by atoms with Crippen molar-refractivity contribution in [2.24, 2.45) is 0 Å². The molecular weight excluding hydrogens is 348 g/mol. The molecule has 0 aromatic heterocycles.